The van der Waals surface area contributed by atoms with E-state index in [0.29, 0.717) is 6.61 Å². The first-order valence-electron chi connectivity index (χ1n) is 7.38. The molecule has 0 aromatic heterocycles. The molecular formula is C16H26IN3OS. The van der Waals surface area contributed by atoms with Crippen molar-refractivity contribution in [2.24, 2.45) is 4.99 Å². The Labute approximate surface area is 155 Å². The topological polar surface area (TPSA) is 36.9 Å². The lowest BCUT2D eigenvalue weighted by Crippen LogP contribution is -2.51. The minimum absolute atomic E-state index is 0. The van der Waals surface area contributed by atoms with Gasteiger partial charge in [-0.2, -0.15) is 11.8 Å². The summed E-state index contributed by atoms with van der Waals surface area (Å²) in [5, 5.41) is 3.39. The summed E-state index contributed by atoms with van der Waals surface area (Å²) in [6, 6.07) is 9.89. The second-order valence-corrected chi connectivity index (χ2v) is 7.47. The Kier molecular flexibility index (Phi) is 8.38. The molecule has 0 saturated carbocycles. The fourth-order valence-corrected chi connectivity index (χ4v) is 3.49. The third-order valence-corrected chi connectivity index (χ3v) is 4.63. The highest BCUT2D eigenvalue weighted by Crippen LogP contribution is 2.29. The summed E-state index contributed by atoms with van der Waals surface area (Å²) in [7, 11) is 1.84. The lowest BCUT2D eigenvalue weighted by Gasteiger charge is -2.39. The van der Waals surface area contributed by atoms with E-state index in [2.05, 4.69) is 29.1 Å². The Balaban J connectivity index is 0.00000242. The number of aliphatic imine (C=N–C) groups is 1. The van der Waals surface area contributed by atoms with Crippen molar-refractivity contribution in [1.29, 1.82) is 0 Å². The van der Waals surface area contributed by atoms with Gasteiger partial charge in [0.25, 0.3) is 0 Å². The number of hydrogen-bond donors (Lipinski definition) is 1. The summed E-state index contributed by atoms with van der Waals surface area (Å²) in [5.74, 6) is 3.03. The monoisotopic (exact) mass is 435 g/mol. The molecule has 1 saturated heterocycles. The zero-order valence-corrected chi connectivity index (χ0v) is 16.7. The maximum Gasteiger partial charge on any atom is 0.193 e. The van der Waals surface area contributed by atoms with E-state index in [4.69, 9.17) is 4.74 Å². The van der Waals surface area contributed by atoms with Crippen molar-refractivity contribution >= 4 is 41.7 Å². The van der Waals surface area contributed by atoms with Crippen molar-refractivity contribution in [1.82, 2.24) is 10.2 Å². The summed E-state index contributed by atoms with van der Waals surface area (Å²) in [5.41, 5.74) is 0. The number of nitrogens with one attached hydrogen (secondary N) is 1. The van der Waals surface area contributed by atoms with Gasteiger partial charge in [-0.1, -0.05) is 18.2 Å². The van der Waals surface area contributed by atoms with Crippen molar-refractivity contribution in [3.63, 3.8) is 0 Å². The van der Waals surface area contributed by atoms with Crippen LogP contribution in [0.25, 0.3) is 0 Å². The molecule has 6 heteroatoms. The van der Waals surface area contributed by atoms with Crippen LogP contribution in [0.5, 0.6) is 5.75 Å². The first kappa shape index (κ1) is 19.4. The van der Waals surface area contributed by atoms with Crippen molar-refractivity contribution < 1.29 is 4.74 Å². The molecule has 0 bridgehead atoms. The molecule has 1 aromatic carbocycles. The van der Waals surface area contributed by atoms with Gasteiger partial charge in [-0.3, -0.25) is 4.99 Å². The average molecular weight is 435 g/mol. The molecule has 1 heterocycles. The zero-order valence-electron chi connectivity index (χ0n) is 13.5. The van der Waals surface area contributed by atoms with Crippen LogP contribution in [0.4, 0.5) is 0 Å². The van der Waals surface area contributed by atoms with Crippen LogP contribution in [-0.2, 0) is 0 Å². The molecule has 0 aliphatic carbocycles. The van der Waals surface area contributed by atoms with E-state index in [-0.39, 0.29) is 28.7 Å². The SMILES string of the molecule is CN=C(NCCOc1ccccc1)N1CCSC(C)(C)C1.I. The minimum atomic E-state index is 0. The van der Waals surface area contributed by atoms with Gasteiger partial charge in [0.2, 0.25) is 0 Å². The Morgan fingerprint density at radius 3 is 2.73 bits per heavy atom. The van der Waals surface area contributed by atoms with E-state index < -0.39 is 0 Å². The van der Waals surface area contributed by atoms with Crippen LogP contribution < -0.4 is 10.1 Å². The van der Waals surface area contributed by atoms with Crippen LogP contribution in [0.2, 0.25) is 0 Å². The van der Waals surface area contributed by atoms with Crippen molar-refractivity contribution in [2.75, 3.05) is 39.0 Å². The fraction of sp³-hybridized carbons (Fsp3) is 0.562. The van der Waals surface area contributed by atoms with Gasteiger partial charge in [-0.25, -0.2) is 0 Å². The summed E-state index contributed by atoms with van der Waals surface area (Å²) in [6.07, 6.45) is 0. The molecule has 0 spiro atoms. The van der Waals surface area contributed by atoms with Crippen LogP contribution in [-0.4, -0.2) is 54.6 Å². The van der Waals surface area contributed by atoms with Gasteiger partial charge in [0.15, 0.2) is 5.96 Å². The predicted molar refractivity (Wildman–Crippen MR) is 107 cm³/mol. The molecule has 0 unspecified atom stereocenters. The number of benzene rings is 1. The smallest absolute Gasteiger partial charge is 0.193 e. The van der Waals surface area contributed by atoms with Crippen LogP contribution in [0.15, 0.2) is 35.3 Å². The Bertz CT molecular complexity index is 468. The molecule has 1 aliphatic heterocycles. The Hall–Kier alpha value is -0.630. The third kappa shape index (κ3) is 6.24. The van der Waals surface area contributed by atoms with Gasteiger partial charge in [0, 0.05) is 30.6 Å². The Morgan fingerprint density at radius 2 is 2.09 bits per heavy atom. The summed E-state index contributed by atoms with van der Waals surface area (Å²) >= 11 is 2.03. The molecule has 2 rings (SSSR count). The number of rotatable bonds is 4. The molecule has 124 valence electrons. The van der Waals surface area contributed by atoms with E-state index in [9.17, 15) is 0 Å². The zero-order chi connectivity index (χ0) is 15.1. The standard InChI is InChI=1S/C16H25N3OS.HI/c1-16(2)13-19(10-12-21-16)15(17-3)18-9-11-20-14-7-5-4-6-8-14;/h4-8H,9-13H2,1-3H3,(H,17,18);1H. The molecule has 1 aliphatic rings. The molecule has 0 radical (unpaired) electrons. The molecule has 22 heavy (non-hydrogen) atoms. The molecule has 1 fully saturated rings. The van der Waals surface area contributed by atoms with Crippen LogP contribution in [0.3, 0.4) is 0 Å². The van der Waals surface area contributed by atoms with Gasteiger partial charge in [-0.05, 0) is 26.0 Å². The molecule has 1 aromatic rings. The Morgan fingerprint density at radius 1 is 1.36 bits per heavy atom. The number of thioether (sulfide) groups is 1. The maximum atomic E-state index is 5.69. The van der Waals surface area contributed by atoms with Crippen molar-refractivity contribution in [3.05, 3.63) is 30.3 Å². The third-order valence-electron chi connectivity index (χ3n) is 3.33. The molecule has 4 nitrogen and oxygen atoms in total. The second kappa shape index (κ2) is 9.50. The number of para-hydroxylation sites is 1. The quantitative estimate of drug-likeness (QED) is 0.342. The molecule has 0 atom stereocenters. The van der Waals surface area contributed by atoms with Crippen LogP contribution >= 0.6 is 35.7 Å². The summed E-state index contributed by atoms with van der Waals surface area (Å²) < 4.78 is 5.98. The summed E-state index contributed by atoms with van der Waals surface area (Å²) in [6.45, 7) is 8.04. The first-order valence-corrected chi connectivity index (χ1v) is 8.37. The van der Waals surface area contributed by atoms with Crippen LogP contribution in [0.1, 0.15) is 13.8 Å². The number of halogens is 1. The van der Waals surface area contributed by atoms with Gasteiger partial charge in [0.1, 0.15) is 12.4 Å². The minimum Gasteiger partial charge on any atom is -0.492 e. The normalized spacial score (nSPS) is 17.6. The first-order chi connectivity index (χ1) is 10.1. The van der Waals surface area contributed by atoms with Gasteiger partial charge < -0.3 is 15.0 Å². The highest BCUT2D eigenvalue weighted by Gasteiger charge is 2.28. The van der Waals surface area contributed by atoms with Crippen molar-refractivity contribution in [3.8, 4) is 5.75 Å². The molecular weight excluding hydrogens is 409 g/mol. The lowest BCUT2D eigenvalue weighted by atomic mass is 10.2. The predicted octanol–water partition coefficient (Wildman–Crippen LogP) is 3.09. The average Bonchev–Trinajstić information content (AvgIpc) is 2.47. The summed E-state index contributed by atoms with van der Waals surface area (Å²) in [4.78, 5) is 6.72. The van der Waals surface area contributed by atoms with E-state index in [1.807, 2.05) is 49.1 Å². The van der Waals surface area contributed by atoms with Gasteiger partial charge in [0.05, 0.1) is 6.54 Å². The van der Waals surface area contributed by atoms with Gasteiger partial charge >= 0.3 is 0 Å². The highest BCUT2D eigenvalue weighted by atomic mass is 127. The van der Waals surface area contributed by atoms with Gasteiger partial charge in [-0.15, -0.1) is 24.0 Å². The largest absolute Gasteiger partial charge is 0.492 e. The van der Waals surface area contributed by atoms with Crippen molar-refractivity contribution in [2.45, 2.75) is 18.6 Å². The number of guanidine groups is 1. The fourth-order valence-electron chi connectivity index (χ4n) is 2.38. The van der Waals surface area contributed by atoms with E-state index in [0.717, 1.165) is 37.1 Å². The second-order valence-electron chi connectivity index (χ2n) is 5.67. The number of ether oxygens (including phenoxy) is 1. The van der Waals surface area contributed by atoms with Crippen LogP contribution in [0, 0.1) is 0 Å². The molecule has 1 N–H and O–H groups in total. The van der Waals surface area contributed by atoms with E-state index in [1.165, 1.54) is 0 Å². The molecule has 0 amide bonds. The number of hydrogen-bond acceptors (Lipinski definition) is 3. The highest BCUT2D eigenvalue weighted by molar-refractivity contribution is 14.0. The van der Waals surface area contributed by atoms with E-state index >= 15 is 0 Å². The van der Waals surface area contributed by atoms with E-state index in [1.54, 1.807) is 0 Å². The lowest BCUT2D eigenvalue weighted by molar-refractivity contribution is 0.315. The number of nitrogens with zero attached hydrogens (tertiary/aromatic N) is 2. The maximum absolute atomic E-state index is 5.69.